The van der Waals surface area contributed by atoms with Gasteiger partial charge in [-0.25, -0.2) is 9.37 Å². The smallest absolute Gasteiger partial charge is 0.219 e. The number of benzene rings is 4. The topological polar surface area (TPSA) is 44.2 Å². The lowest BCUT2D eigenvalue weighted by molar-refractivity contribution is 0.463. The van der Waals surface area contributed by atoms with E-state index >= 15 is 4.39 Å². The fourth-order valence-electron chi connectivity index (χ4n) is 4.51. The monoisotopic (exact) mass is 523 g/mol. The maximum Gasteiger partial charge on any atom is 0.219 e. The molecule has 40 heavy (non-hydrogen) atoms. The Balaban J connectivity index is 1.40. The van der Waals surface area contributed by atoms with Gasteiger partial charge in [0.2, 0.25) is 5.88 Å². The summed E-state index contributed by atoms with van der Waals surface area (Å²) < 4.78 is 28.4. The van der Waals surface area contributed by atoms with Crippen molar-refractivity contribution in [2.75, 3.05) is 0 Å². The molecule has 0 atom stereocenters. The number of aromatic nitrogens is 2. The molecule has 193 valence electrons. The molecule has 0 unspecified atom stereocenters. The van der Waals surface area contributed by atoms with E-state index in [9.17, 15) is 0 Å². The molecular weight excluding hydrogens is 499 g/mol. The van der Waals surface area contributed by atoms with Crippen molar-refractivity contribution in [1.29, 1.82) is 0 Å². The molecule has 0 aliphatic carbocycles. The summed E-state index contributed by atoms with van der Waals surface area (Å²) in [4.78, 5) is 8.33. The van der Waals surface area contributed by atoms with E-state index in [1.165, 1.54) is 0 Å². The van der Waals surface area contributed by atoms with E-state index in [0.717, 1.165) is 11.1 Å². The molecule has 0 spiro atoms. The minimum Gasteiger partial charge on any atom is -0.456 e. The molecule has 2 heterocycles. The first-order valence-corrected chi connectivity index (χ1v) is 12.9. The molecule has 4 aromatic carbocycles. The van der Waals surface area contributed by atoms with Crippen LogP contribution in [0.4, 0.5) is 4.39 Å². The Hall–Kier alpha value is -5.29. The number of hydrogen-bond donors (Lipinski definition) is 0. The summed E-state index contributed by atoms with van der Waals surface area (Å²) in [6.45, 7) is 0. The Morgan fingerprint density at radius 2 is 1.43 bits per heavy atom. The molecule has 5 heteroatoms. The first kappa shape index (κ1) is 25.0. The minimum absolute atomic E-state index is 0.300. The van der Waals surface area contributed by atoms with E-state index < -0.39 is 0 Å². The molecule has 1 radical (unpaired) electrons. The minimum atomic E-state index is -0.300. The van der Waals surface area contributed by atoms with E-state index in [2.05, 4.69) is 16.0 Å². The SMILES string of the molecule is Fc1c(-c2cccc(Oc3ccccn3)c2)c[c]c(-c2cccc(Oc3cccnc3)c2)c1Cc1ccccc1. The molecule has 0 bridgehead atoms. The van der Waals surface area contributed by atoms with Gasteiger partial charge in [-0.3, -0.25) is 4.98 Å². The van der Waals surface area contributed by atoms with Crippen molar-refractivity contribution in [3.8, 4) is 45.4 Å². The van der Waals surface area contributed by atoms with Gasteiger partial charge in [-0.2, -0.15) is 0 Å². The predicted molar refractivity (Wildman–Crippen MR) is 154 cm³/mol. The van der Waals surface area contributed by atoms with Crippen molar-refractivity contribution in [3.63, 3.8) is 0 Å². The number of rotatable bonds is 8. The van der Waals surface area contributed by atoms with Gasteiger partial charge in [0.25, 0.3) is 0 Å². The fraction of sp³-hybridized carbons (Fsp3) is 0.0286. The highest BCUT2D eigenvalue weighted by atomic mass is 19.1. The van der Waals surface area contributed by atoms with E-state index in [1.807, 2.05) is 103 Å². The zero-order valence-corrected chi connectivity index (χ0v) is 21.5. The van der Waals surface area contributed by atoms with Gasteiger partial charge in [-0.15, -0.1) is 0 Å². The van der Waals surface area contributed by atoms with Crippen LogP contribution in [-0.2, 0) is 6.42 Å². The van der Waals surface area contributed by atoms with Gasteiger partial charge >= 0.3 is 0 Å². The van der Waals surface area contributed by atoms with Crippen molar-refractivity contribution < 1.29 is 13.9 Å². The van der Waals surface area contributed by atoms with E-state index in [0.29, 0.717) is 51.8 Å². The van der Waals surface area contributed by atoms with Crippen molar-refractivity contribution in [1.82, 2.24) is 9.97 Å². The van der Waals surface area contributed by atoms with Crippen LogP contribution < -0.4 is 9.47 Å². The third-order valence-electron chi connectivity index (χ3n) is 6.39. The van der Waals surface area contributed by atoms with Crippen LogP contribution in [0, 0.1) is 11.9 Å². The number of nitrogens with zero attached hydrogens (tertiary/aromatic N) is 2. The quantitative estimate of drug-likeness (QED) is 0.200. The van der Waals surface area contributed by atoms with Crippen LogP contribution in [0.1, 0.15) is 11.1 Å². The second-order valence-corrected chi connectivity index (χ2v) is 9.15. The summed E-state index contributed by atoms with van der Waals surface area (Å²) in [6.07, 6.45) is 5.42. The van der Waals surface area contributed by atoms with Gasteiger partial charge < -0.3 is 9.47 Å². The molecule has 0 saturated carbocycles. The molecular formula is C35H24FN2O2. The average Bonchev–Trinajstić information content (AvgIpc) is 3.00. The summed E-state index contributed by atoms with van der Waals surface area (Å²) >= 11 is 0. The first-order valence-electron chi connectivity index (χ1n) is 12.9. The van der Waals surface area contributed by atoms with Crippen LogP contribution in [0.5, 0.6) is 23.1 Å². The van der Waals surface area contributed by atoms with Gasteiger partial charge in [-0.1, -0.05) is 60.7 Å². The Bertz CT molecular complexity index is 1730. The molecule has 6 aromatic rings. The largest absolute Gasteiger partial charge is 0.456 e. The Kier molecular flexibility index (Phi) is 7.27. The van der Waals surface area contributed by atoms with E-state index in [1.54, 1.807) is 30.7 Å². The van der Waals surface area contributed by atoms with Crippen LogP contribution in [0.2, 0.25) is 0 Å². The molecule has 0 N–H and O–H groups in total. The number of pyridine rings is 2. The summed E-state index contributed by atoms with van der Waals surface area (Å²) in [5.41, 5.74) is 4.19. The maximum atomic E-state index is 16.5. The molecule has 0 saturated heterocycles. The van der Waals surface area contributed by atoms with Gasteiger partial charge in [0.15, 0.2) is 0 Å². The van der Waals surface area contributed by atoms with Gasteiger partial charge in [0, 0.05) is 36.0 Å². The highest BCUT2D eigenvalue weighted by Gasteiger charge is 2.18. The highest BCUT2D eigenvalue weighted by molar-refractivity contribution is 5.75. The van der Waals surface area contributed by atoms with Gasteiger partial charge in [-0.05, 0) is 76.9 Å². The lowest BCUT2D eigenvalue weighted by Gasteiger charge is -2.16. The number of halogens is 1. The Labute approximate surface area is 232 Å². The first-order chi connectivity index (χ1) is 19.7. The Morgan fingerprint density at radius 1 is 0.675 bits per heavy atom. The second kappa shape index (κ2) is 11.6. The summed E-state index contributed by atoms with van der Waals surface area (Å²) in [5.74, 6) is 2.01. The fourth-order valence-corrected chi connectivity index (χ4v) is 4.51. The van der Waals surface area contributed by atoms with Gasteiger partial charge in [0.1, 0.15) is 23.1 Å². The third kappa shape index (κ3) is 5.74. The molecule has 0 amide bonds. The normalized spacial score (nSPS) is 10.7. The van der Waals surface area contributed by atoms with Crippen molar-refractivity contribution >= 4 is 0 Å². The molecule has 4 nitrogen and oxygen atoms in total. The van der Waals surface area contributed by atoms with Crippen LogP contribution in [-0.4, -0.2) is 9.97 Å². The summed E-state index contributed by atoms with van der Waals surface area (Å²) in [7, 11) is 0. The van der Waals surface area contributed by atoms with Crippen LogP contribution in [0.25, 0.3) is 22.3 Å². The van der Waals surface area contributed by atoms with E-state index in [4.69, 9.17) is 9.47 Å². The third-order valence-corrected chi connectivity index (χ3v) is 6.39. The molecule has 6 rings (SSSR count). The molecule has 2 aromatic heterocycles. The van der Waals surface area contributed by atoms with Crippen LogP contribution in [0.15, 0.2) is 134 Å². The van der Waals surface area contributed by atoms with Crippen LogP contribution >= 0.6 is 0 Å². The highest BCUT2D eigenvalue weighted by Crippen LogP contribution is 2.36. The molecule has 0 aliphatic heterocycles. The zero-order chi connectivity index (χ0) is 27.1. The second-order valence-electron chi connectivity index (χ2n) is 9.15. The summed E-state index contributed by atoms with van der Waals surface area (Å²) in [6, 6.07) is 39.0. The number of ether oxygens (including phenoxy) is 2. The number of hydrogen-bond acceptors (Lipinski definition) is 4. The Morgan fingerprint density at radius 3 is 2.20 bits per heavy atom. The van der Waals surface area contributed by atoms with Crippen molar-refractivity contribution in [2.24, 2.45) is 0 Å². The lowest BCUT2D eigenvalue weighted by Crippen LogP contribution is -2.00. The standard InChI is InChI=1S/C35H24FN2O2/c36-35-32(27-12-7-14-29(23-27)40-34-16-4-5-20-38-34)18-17-31(33(35)21-25-9-2-1-3-10-25)26-11-6-13-28(22-26)39-30-15-8-19-37-24-30/h1-16,18-20,22-24H,21H2. The van der Waals surface area contributed by atoms with Gasteiger partial charge in [0.05, 0.1) is 6.20 Å². The molecule has 0 aliphatic rings. The van der Waals surface area contributed by atoms with Crippen LogP contribution in [0.3, 0.4) is 0 Å². The van der Waals surface area contributed by atoms with Crippen molar-refractivity contribution in [2.45, 2.75) is 6.42 Å². The van der Waals surface area contributed by atoms with E-state index in [-0.39, 0.29) is 5.82 Å². The summed E-state index contributed by atoms with van der Waals surface area (Å²) in [5, 5.41) is 0. The molecule has 0 fully saturated rings. The maximum absolute atomic E-state index is 16.5. The zero-order valence-electron chi connectivity index (χ0n) is 21.5. The lowest BCUT2D eigenvalue weighted by atomic mass is 9.90. The predicted octanol–water partition coefficient (Wildman–Crippen LogP) is 8.93. The average molecular weight is 524 g/mol. The van der Waals surface area contributed by atoms with Crippen molar-refractivity contribution in [3.05, 3.63) is 157 Å².